The Morgan fingerprint density at radius 3 is 2.29 bits per heavy atom. The molecule has 1 aromatic heterocycles. The highest BCUT2D eigenvalue weighted by Gasteiger charge is 2.34. The molecule has 0 fully saturated rings. The molecule has 1 amide bonds. The van der Waals surface area contributed by atoms with Gasteiger partial charge in [-0.3, -0.25) is 18.4 Å². The molecule has 2 heterocycles. The molecule has 0 bridgehead atoms. The van der Waals surface area contributed by atoms with Gasteiger partial charge in [-0.15, -0.1) is 0 Å². The van der Waals surface area contributed by atoms with Gasteiger partial charge >= 0.3 is 0 Å². The highest BCUT2D eigenvalue weighted by Crippen LogP contribution is 2.27. The highest BCUT2D eigenvalue weighted by molar-refractivity contribution is 7.87. The quantitative estimate of drug-likeness (QED) is 0.511. The van der Waals surface area contributed by atoms with Crippen molar-refractivity contribution in [3.63, 3.8) is 0 Å². The number of amides is 1. The van der Waals surface area contributed by atoms with Crippen molar-refractivity contribution >= 4 is 16.7 Å². The number of nitrogens with zero attached hydrogens (tertiary/aromatic N) is 2. The third-order valence-corrected chi connectivity index (χ3v) is 5.20. The molecular formula is C24H40FN3O6S. The Kier molecular flexibility index (Phi) is 18.4. The zero-order valence-electron chi connectivity index (χ0n) is 21.8. The molecule has 1 aromatic rings. The van der Waals surface area contributed by atoms with Gasteiger partial charge in [-0.2, -0.15) is 0 Å². The second kappa shape index (κ2) is 18.7. The van der Waals surface area contributed by atoms with Gasteiger partial charge in [0, 0.05) is 29.7 Å². The fourth-order valence-electron chi connectivity index (χ4n) is 2.44. The summed E-state index contributed by atoms with van der Waals surface area (Å²) in [5.74, 6) is -0.378. The monoisotopic (exact) mass is 517 g/mol. The van der Waals surface area contributed by atoms with Crippen molar-refractivity contribution in [2.45, 2.75) is 60.6 Å². The number of fused-ring (bicyclic) bond motifs is 1. The lowest BCUT2D eigenvalue weighted by Crippen LogP contribution is -2.42. The molecule has 9 nitrogen and oxygen atoms in total. The second-order valence-electron chi connectivity index (χ2n) is 7.14. The van der Waals surface area contributed by atoms with Crippen LogP contribution in [0.1, 0.15) is 64.8 Å². The van der Waals surface area contributed by atoms with E-state index >= 15 is 0 Å². The van der Waals surface area contributed by atoms with Crippen LogP contribution in [0, 0.1) is 0 Å². The molecule has 0 saturated carbocycles. The summed E-state index contributed by atoms with van der Waals surface area (Å²) in [7, 11) is -0.708. The molecule has 3 N–H and O–H groups in total. The summed E-state index contributed by atoms with van der Waals surface area (Å²) in [5.41, 5.74) is -1.63. The first-order valence-corrected chi connectivity index (χ1v) is 12.6. The van der Waals surface area contributed by atoms with Gasteiger partial charge in [-0.1, -0.05) is 25.7 Å². The third-order valence-electron chi connectivity index (χ3n) is 4.06. The molecule has 11 heteroatoms. The summed E-state index contributed by atoms with van der Waals surface area (Å²) in [6, 6.07) is 0. The van der Waals surface area contributed by atoms with Crippen LogP contribution < -0.4 is 10.9 Å². The number of ether oxygens (including phenoxy) is 1. The standard InChI is InChI=1S/C12H17N3O4.C5H7F.C5H10OS.C2H6O/c1-4-13-9(17)7-8(16)10(18)15-5-6-19-12(2,3)11(15)14-7;1-3-5(6)4-2;1-3-5-7(6)4-2;1-2-3/h16H,4-6H2,1-3H3,(H,13,17);3-4H,1H2,2H3;3,5H,4H2,1-2H3;3H,2H2,1H3/b;5-4+;5-3+;. The van der Waals surface area contributed by atoms with Gasteiger partial charge < -0.3 is 20.3 Å². The predicted octanol–water partition coefficient (Wildman–Crippen LogP) is 3.30. The van der Waals surface area contributed by atoms with E-state index in [-0.39, 0.29) is 18.1 Å². The van der Waals surface area contributed by atoms with Gasteiger partial charge in [-0.25, -0.2) is 9.37 Å². The number of allylic oxidation sites excluding steroid dienone is 4. The number of hydrogen-bond acceptors (Lipinski definition) is 7. The molecule has 1 aliphatic rings. The first-order valence-electron chi connectivity index (χ1n) is 11.2. The number of halogens is 1. The maximum absolute atomic E-state index is 12.1. The third kappa shape index (κ3) is 12.6. The van der Waals surface area contributed by atoms with E-state index in [1.807, 2.05) is 13.8 Å². The molecule has 0 spiro atoms. The van der Waals surface area contributed by atoms with E-state index in [0.717, 1.165) is 5.75 Å². The lowest BCUT2D eigenvalue weighted by atomic mass is 10.1. The van der Waals surface area contributed by atoms with Crippen LogP contribution in [0.3, 0.4) is 0 Å². The van der Waals surface area contributed by atoms with E-state index in [1.165, 1.54) is 16.7 Å². The number of aliphatic hydroxyl groups excluding tert-OH is 1. The normalized spacial score (nSPS) is 14.6. The molecule has 0 aromatic carbocycles. The molecule has 0 saturated heterocycles. The number of carbonyl (C=O) groups is 1. The van der Waals surface area contributed by atoms with E-state index in [4.69, 9.17) is 9.84 Å². The van der Waals surface area contributed by atoms with Crippen LogP contribution >= 0.6 is 0 Å². The first-order chi connectivity index (χ1) is 16.4. The lowest BCUT2D eigenvalue weighted by molar-refractivity contribution is -0.0566. The molecule has 35 heavy (non-hydrogen) atoms. The van der Waals surface area contributed by atoms with E-state index in [1.54, 1.807) is 46.1 Å². The van der Waals surface area contributed by atoms with E-state index < -0.39 is 33.6 Å². The van der Waals surface area contributed by atoms with Crippen molar-refractivity contribution < 1.29 is 28.3 Å². The molecule has 0 radical (unpaired) electrons. The number of carbonyl (C=O) groups excluding carboxylic acids is 1. The maximum atomic E-state index is 12.1. The summed E-state index contributed by atoms with van der Waals surface area (Å²) in [6.45, 7) is 16.8. The molecule has 1 atom stereocenters. The Labute approximate surface area is 209 Å². The van der Waals surface area contributed by atoms with Crippen molar-refractivity contribution in [1.29, 1.82) is 0 Å². The van der Waals surface area contributed by atoms with E-state index in [9.17, 15) is 23.3 Å². The van der Waals surface area contributed by atoms with Crippen LogP contribution in [0.15, 0.2) is 40.8 Å². The summed E-state index contributed by atoms with van der Waals surface area (Å²) in [6.07, 6.45) is 4.33. The highest BCUT2D eigenvalue weighted by atomic mass is 32.2. The van der Waals surface area contributed by atoms with E-state index in [0.29, 0.717) is 25.5 Å². The number of aromatic nitrogens is 2. The Hall–Kier alpha value is -2.63. The molecule has 2 rings (SSSR count). The van der Waals surface area contributed by atoms with Gasteiger partial charge in [0.2, 0.25) is 5.75 Å². The lowest BCUT2D eigenvalue weighted by Gasteiger charge is -2.32. The average molecular weight is 518 g/mol. The average Bonchev–Trinajstić information content (AvgIpc) is 2.82. The molecule has 1 unspecified atom stereocenters. The number of nitrogens with one attached hydrogen (secondary N) is 1. The van der Waals surface area contributed by atoms with Gasteiger partial charge in [0.1, 0.15) is 17.3 Å². The van der Waals surface area contributed by atoms with Crippen LogP contribution in [0.2, 0.25) is 0 Å². The molecule has 1 aliphatic heterocycles. The van der Waals surface area contributed by atoms with Crippen molar-refractivity contribution in [1.82, 2.24) is 14.9 Å². The van der Waals surface area contributed by atoms with Crippen LogP contribution in [-0.2, 0) is 27.7 Å². The summed E-state index contributed by atoms with van der Waals surface area (Å²) < 4.78 is 28.9. The minimum absolute atomic E-state index is 0.250. The molecule has 0 aliphatic carbocycles. The van der Waals surface area contributed by atoms with Crippen LogP contribution in [0.5, 0.6) is 5.75 Å². The SMILES string of the molecule is C/C=C/S(=O)CC.C=C/C(F)=C\C.CCNC(=O)c1nc2n(c(=O)c1O)CCOC2(C)C.CCO. The number of aliphatic hydroxyl groups is 1. The Morgan fingerprint density at radius 1 is 1.34 bits per heavy atom. The Balaban J connectivity index is 0. The van der Waals surface area contributed by atoms with Crippen LogP contribution in [0.4, 0.5) is 4.39 Å². The number of hydrogen-bond donors (Lipinski definition) is 3. The van der Waals surface area contributed by atoms with E-state index in [2.05, 4.69) is 16.9 Å². The molecular weight excluding hydrogens is 477 g/mol. The fraction of sp³-hybridized carbons (Fsp3) is 0.542. The first kappa shape index (κ1) is 34.5. The van der Waals surface area contributed by atoms with Crippen LogP contribution in [-0.4, -0.2) is 55.4 Å². The smallest absolute Gasteiger partial charge is 0.296 e. The van der Waals surface area contributed by atoms with Gasteiger partial charge in [-0.05, 0) is 53.0 Å². The predicted molar refractivity (Wildman–Crippen MR) is 138 cm³/mol. The summed E-state index contributed by atoms with van der Waals surface area (Å²) >= 11 is 0. The van der Waals surface area contributed by atoms with Gasteiger partial charge in [0.05, 0.1) is 13.2 Å². The zero-order valence-corrected chi connectivity index (χ0v) is 22.6. The maximum Gasteiger partial charge on any atom is 0.296 e. The minimum atomic E-state index is -0.771. The summed E-state index contributed by atoms with van der Waals surface area (Å²) in [5, 5.41) is 21.6. The zero-order chi connectivity index (χ0) is 27.6. The Morgan fingerprint density at radius 2 is 1.91 bits per heavy atom. The van der Waals surface area contributed by atoms with Crippen molar-refractivity contribution in [2.24, 2.45) is 0 Å². The number of rotatable bonds is 5. The largest absolute Gasteiger partial charge is 0.501 e. The second-order valence-corrected chi connectivity index (χ2v) is 8.75. The van der Waals surface area contributed by atoms with Crippen LogP contribution in [0.25, 0.3) is 0 Å². The van der Waals surface area contributed by atoms with Gasteiger partial charge in [0.15, 0.2) is 5.69 Å². The van der Waals surface area contributed by atoms with Crippen molar-refractivity contribution in [3.8, 4) is 5.75 Å². The Bertz CT molecular complexity index is 942. The minimum Gasteiger partial charge on any atom is -0.501 e. The number of aromatic hydroxyl groups is 1. The van der Waals surface area contributed by atoms with Crippen molar-refractivity contribution in [2.75, 3.05) is 25.5 Å². The van der Waals surface area contributed by atoms with Crippen molar-refractivity contribution in [3.05, 3.63) is 57.9 Å². The van der Waals surface area contributed by atoms with Gasteiger partial charge in [0.25, 0.3) is 11.5 Å². The summed E-state index contributed by atoms with van der Waals surface area (Å²) in [4.78, 5) is 28.0. The molecule has 200 valence electrons. The fourth-order valence-corrected chi connectivity index (χ4v) is 2.93. The topological polar surface area (TPSA) is 131 Å².